The number of hydrogen-bond acceptors (Lipinski definition) is 6. The molecule has 34 heavy (non-hydrogen) atoms. The first-order chi connectivity index (χ1) is 16.4. The number of hydrogen-bond donors (Lipinski definition) is 1. The maximum absolute atomic E-state index is 13.2. The minimum Gasteiger partial charge on any atom is -0.494 e. The smallest absolute Gasteiger partial charge is 0.239 e. The summed E-state index contributed by atoms with van der Waals surface area (Å²) in [7, 11) is -3.94. The first-order valence-corrected chi connectivity index (χ1v) is 12.8. The van der Waals surface area contributed by atoms with Crippen LogP contribution in [0.1, 0.15) is 24.8 Å². The van der Waals surface area contributed by atoms with E-state index in [9.17, 15) is 13.2 Å². The fraction of sp³-hybridized carbons (Fsp3) is 0.308. The summed E-state index contributed by atoms with van der Waals surface area (Å²) >= 11 is 0. The highest BCUT2D eigenvalue weighted by atomic mass is 32.2. The van der Waals surface area contributed by atoms with Gasteiger partial charge < -0.3 is 15.2 Å². The quantitative estimate of drug-likeness (QED) is 0.469. The summed E-state index contributed by atoms with van der Waals surface area (Å²) < 4.78 is 35.8. The topological polar surface area (TPSA) is 109 Å². The number of benzene rings is 2. The van der Waals surface area contributed by atoms with E-state index < -0.39 is 20.5 Å². The molecule has 1 fully saturated rings. The Labute approximate surface area is 199 Å². The molecule has 2 heterocycles. The third-order valence-electron chi connectivity index (χ3n) is 6.17. The zero-order chi connectivity index (χ0) is 24.0. The number of amides is 1. The van der Waals surface area contributed by atoms with Gasteiger partial charge in [0, 0.05) is 25.0 Å². The number of primary amides is 1. The van der Waals surface area contributed by atoms with Crippen molar-refractivity contribution in [3.05, 3.63) is 78.5 Å². The van der Waals surface area contributed by atoms with E-state index in [-0.39, 0.29) is 31.0 Å². The summed E-state index contributed by atoms with van der Waals surface area (Å²) in [6.45, 7) is 0.860. The number of rotatable bonds is 9. The molecule has 2 aromatic carbocycles. The molecule has 178 valence electrons. The molecule has 3 aromatic rings. The highest BCUT2D eigenvalue weighted by Gasteiger charge is 2.51. The second kappa shape index (κ2) is 10.4. The number of nitrogens with zero attached hydrogens (tertiary/aromatic N) is 1. The van der Waals surface area contributed by atoms with Gasteiger partial charge in [0.25, 0.3) is 0 Å². The van der Waals surface area contributed by atoms with Crippen molar-refractivity contribution >= 4 is 15.7 Å². The molecule has 1 saturated heterocycles. The molecule has 1 aliphatic rings. The van der Waals surface area contributed by atoms with Gasteiger partial charge in [0.05, 0.1) is 17.2 Å². The molecule has 8 heteroatoms. The monoisotopic (exact) mass is 480 g/mol. The molecule has 0 saturated carbocycles. The number of sulfone groups is 1. The molecule has 0 radical (unpaired) electrons. The molecule has 1 amide bonds. The summed E-state index contributed by atoms with van der Waals surface area (Å²) in [4.78, 5) is 16.6. The fourth-order valence-corrected chi connectivity index (χ4v) is 6.07. The van der Waals surface area contributed by atoms with Crippen LogP contribution < -0.4 is 10.5 Å². The molecule has 4 rings (SSSR count). The highest BCUT2D eigenvalue weighted by molar-refractivity contribution is 7.93. The molecule has 7 nitrogen and oxygen atoms in total. The Morgan fingerprint density at radius 3 is 2.41 bits per heavy atom. The van der Waals surface area contributed by atoms with E-state index >= 15 is 0 Å². The van der Waals surface area contributed by atoms with E-state index in [1.807, 2.05) is 42.6 Å². The largest absolute Gasteiger partial charge is 0.494 e. The van der Waals surface area contributed by atoms with Crippen LogP contribution in [0.2, 0.25) is 0 Å². The second-order valence-electron chi connectivity index (χ2n) is 8.31. The van der Waals surface area contributed by atoms with Crippen LogP contribution in [0.3, 0.4) is 0 Å². The number of ether oxygens (including phenoxy) is 2. The lowest BCUT2D eigenvalue weighted by atomic mass is 9.98. The summed E-state index contributed by atoms with van der Waals surface area (Å²) in [5.41, 5.74) is 8.72. The number of aromatic nitrogens is 1. The Morgan fingerprint density at radius 1 is 1.03 bits per heavy atom. The van der Waals surface area contributed by atoms with Crippen molar-refractivity contribution in [3.8, 4) is 17.0 Å². The predicted molar refractivity (Wildman–Crippen MR) is 129 cm³/mol. The van der Waals surface area contributed by atoms with Crippen molar-refractivity contribution in [1.82, 2.24) is 4.98 Å². The molecule has 0 aliphatic carbocycles. The standard InChI is InChI=1S/C26H28N2O5S/c27-25(29)26(13-17-32-18-14-26)34(30,31)23-10-8-22(9-11-23)33-16-4-5-20-12-15-28-24(19-20)21-6-2-1-3-7-21/h1-3,6-12,15,19H,4-5,13-14,16-18H2,(H2,27,29). The van der Waals surface area contributed by atoms with Crippen molar-refractivity contribution in [2.24, 2.45) is 5.73 Å². The lowest BCUT2D eigenvalue weighted by molar-refractivity contribution is -0.122. The maximum atomic E-state index is 13.2. The minimum absolute atomic E-state index is 0.0594. The van der Waals surface area contributed by atoms with E-state index in [0.717, 1.165) is 24.1 Å². The molecule has 1 aliphatic heterocycles. The lowest BCUT2D eigenvalue weighted by Gasteiger charge is -2.33. The van der Waals surface area contributed by atoms with Gasteiger partial charge in [0.1, 0.15) is 5.75 Å². The van der Waals surface area contributed by atoms with Gasteiger partial charge in [0.15, 0.2) is 14.6 Å². The molecule has 0 spiro atoms. The van der Waals surface area contributed by atoms with E-state index in [2.05, 4.69) is 11.1 Å². The highest BCUT2D eigenvalue weighted by Crippen LogP contribution is 2.35. The summed E-state index contributed by atoms with van der Waals surface area (Å²) in [5.74, 6) is -0.263. The lowest BCUT2D eigenvalue weighted by Crippen LogP contribution is -2.53. The van der Waals surface area contributed by atoms with Crippen LogP contribution in [-0.4, -0.2) is 43.9 Å². The van der Waals surface area contributed by atoms with E-state index in [1.165, 1.54) is 17.7 Å². The number of carbonyl (C=O) groups is 1. The zero-order valence-electron chi connectivity index (χ0n) is 18.9. The van der Waals surface area contributed by atoms with Gasteiger partial charge in [-0.2, -0.15) is 0 Å². The van der Waals surface area contributed by atoms with Crippen molar-refractivity contribution in [1.29, 1.82) is 0 Å². The maximum Gasteiger partial charge on any atom is 0.239 e. The first-order valence-electron chi connectivity index (χ1n) is 11.3. The van der Waals surface area contributed by atoms with Crippen LogP contribution in [0.4, 0.5) is 0 Å². The van der Waals surface area contributed by atoms with Crippen molar-refractivity contribution in [3.63, 3.8) is 0 Å². The predicted octanol–water partition coefficient (Wildman–Crippen LogP) is 3.57. The van der Waals surface area contributed by atoms with Crippen molar-refractivity contribution < 1.29 is 22.7 Å². The van der Waals surface area contributed by atoms with Crippen molar-refractivity contribution in [2.75, 3.05) is 19.8 Å². The average Bonchev–Trinajstić information content (AvgIpc) is 2.88. The Balaban J connectivity index is 1.35. The number of pyridine rings is 1. The van der Waals surface area contributed by atoms with Gasteiger partial charge in [0.2, 0.25) is 5.91 Å². The minimum atomic E-state index is -3.94. The zero-order valence-corrected chi connectivity index (χ0v) is 19.7. The van der Waals surface area contributed by atoms with Gasteiger partial charge >= 0.3 is 0 Å². The van der Waals surface area contributed by atoms with Crippen LogP contribution in [0.25, 0.3) is 11.3 Å². The molecule has 0 bridgehead atoms. The van der Waals surface area contributed by atoms with Crippen LogP contribution in [-0.2, 0) is 25.8 Å². The SMILES string of the molecule is NC(=O)C1(S(=O)(=O)c2ccc(OCCCc3ccnc(-c4ccccc4)c3)cc2)CCOCC1. The number of nitrogens with two attached hydrogens (primary N) is 1. The van der Waals surface area contributed by atoms with Gasteiger partial charge in [-0.25, -0.2) is 8.42 Å². The molecular formula is C26H28N2O5S. The Bertz CT molecular complexity index is 1220. The second-order valence-corrected chi connectivity index (χ2v) is 10.6. The van der Waals surface area contributed by atoms with Crippen LogP contribution in [0, 0.1) is 0 Å². The average molecular weight is 481 g/mol. The summed E-state index contributed by atoms with van der Waals surface area (Å²) in [6.07, 6.45) is 3.56. The van der Waals surface area contributed by atoms with E-state index in [0.29, 0.717) is 12.4 Å². The van der Waals surface area contributed by atoms with Crippen LogP contribution >= 0.6 is 0 Å². The van der Waals surface area contributed by atoms with Gasteiger partial charge in [-0.3, -0.25) is 9.78 Å². The Hall–Kier alpha value is -3.23. The third-order valence-corrected chi connectivity index (χ3v) is 8.70. The molecule has 1 aromatic heterocycles. The fourth-order valence-electron chi connectivity index (χ4n) is 4.15. The first kappa shape index (κ1) is 23.9. The molecular weight excluding hydrogens is 452 g/mol. The third kappa shape index (κ3) is 4.98. The van der Waals surface area contributed by atoms with Gasteiger partial charge in [-0.1, -0.05) is 30.3 Å². The number of aryl methyl sites for hydroxylation is 1. The normalized spacial score (nSPS) is 15.5. The van der Waals surface area contributed by atoms with E-state index in [4.69, 9.17) is 15.2 Å². The Kier molecular flexibility index (Phi) is 7.29. The summed E-state index contributed by atoms with van der Waals surface area (Å²) in [6, 6.07) is 20.3. The summed E-state index contributed by atoms with van der Waals surface area (Å²) in [5, 5.41) is 0. The number of carbonyl (C=O) groups excluding carboxylic acids is 1. The van der Waals surface area contributed by atoms with Crippen molar-refractivity contribution in [2.45, 2.75) is 35.3 Å². The van der Waals surface area contributed by atoms with E-state index in [1.54, 1.807) is 12.1 Å². The van der Waals surface area contributed by atoms with Gasteiger partial charge in [-0.15, -0.1) is 0 Å². The van der Waals surface area contributed by atoms with Gasteiger partial charge in [-0.05, 0) is 67.6 Å². The molecule has 0 unspecified atom stereocenters. The van der Waals surface area contributed by atoms with Crippen LogP contribution in [0.5, 0.6) is 5.75 Å². The van der Waals surface area contributed by atoms with Crippen LogP contribution in [0.15, 0.2) is 77.8 Å². The Morgan fingerprint density at radius 2 is 1.74 bits per heavy atom. The molecule has 2 N–H and O–H groups in total. The molecule has 0 atom stereocenters.